The van der Waals surface area contributed by atoms with E-state index in [1.807, 2.05) is 24.4 Å². The van der Waals surface area contributed by atoms with Crippen molar-refractivity contribution in [1.29, 1.82) is 0 Å². The molecule has 5 rings (SSSR count). The molecule has 1 aliphatic rings. The van der Waals surface area contributed by atoms with E-state index in [1.165, 1.54) is 5.56 Å². The Morgan fingerprint density at radius 1 is 1.14 bits per heavy atom. The number of aromatic nitrogens is 3. The lowest BCUT2D eigenvalue weighted by Gasteiger charge is -2.12. The van der Waals surface area contributed by atoms with Crippen LogP contribution in [0.25, 0.3) is 22.2 Å². The Kier molecular flexibility index (Phi) is 3.72. The summed E-state index contributed by atoms with van der Waals surface area (Å²) in [7, 11) is 1.67. The summed E-state index contributed by atoms with van der Waals surface area (Å²) in [6.45, 7) is 0.671. The average molecular weight is 370 g/mol. The highest BCUT2D eigenvalue weighted by Crippen LogP contribution is 2.35. The fourth-order valence-corrected chi connectivity index (χ4v) is 3.51. The molecule has 1 aliphatic heterocycles. The smallest absolute Gasteiger partial charge is 0.221 e. The molecular formula is C21H18N6O. The lowest BCUT2D eigenvalue weighted by molar-refractivity contribution is 0.415. The van der Waals surface area contributed by atoms with E-state index in [-0.39, 0.29) is 5.95 Å². The zero-order valence-corrected chi connectivity index (χ0v) is 15.2. The number of methoxy groups -OCH3 is 1. The van der Waals surface area contributed by atoms with Gasteiger partial charge in [-0.05, 0) is 48.0 Å². The summed E-state index contributed by atoms with van der Waals surface area (Å²) < 4.78 is 5.34. The Hall–Kier alpha value is -3.87. The number of aliphatic imine (C=N–C) groups is 1. The van der Waals surface area contributed by atoms with Crippen LogP contribution in [-0.4, -0.2) is 28.3 Å². The molecule has 7 nitrogen and oxygen atoms in total. The Morgan fingerprint density at radius 2 is 2.07 bits per heavy atom. The van der Waals surface area contributed by atoms with Crippen molar-refractivity contribution >= 4 is 34.6 Å². The lowest BCUT2D eigenvalue weighted by atomic mass is 9.99. The molecule has 0 bridgehead atoms. The van der Waals surface area contributed by atoms with E-state index in [4.69, 9.17) is 10.5 Å². The van der Waals surface area contributed by atoms with Gasteiger partial charge in [-0.15, -0.1) is 0 Å². The molecule has 28 heavy (non-hydrogen) atoms. The van der Waals surface area contributed by atoms with E-state index in [0.717, 1.165) is 39.2 Å². The number of benzene rings is 2. The molecule has 4 N–H and O–H groups in total. The van der Waals surface area contributed by atoms with Gasteiger partial charge in [0.25, 0.3) is 0 Å². The molecule has 0 radical (unpaired) electrons. The van der Waals surface area contributed by atoms with Crippen molar-refractivity contribution in [3.05, 3.63) is 59.8 Å². The van der Waals surface area contributed by atoms with E-state index >= 15 is 0 Å². The quantitative estimate of drug-likeness (QED) is 0.506. The first-order valence-corrected chi connectivity index (χ1v) is 8.89. The van der Waals surface area contributed by atoms with Crippen molar-refractivity contribution in [3.63, 3.8) is 0 Å². The largest absolute Gasteiger partial charge is 0.497 e. The lowest BCUT2D eigenvalue weighted by Crippen LogP contribution is -2.00. The minimum atomic E-state index is 0.234. The van der Waals surface area contributed by atoms with Gasteiger partial charge in [-0.3, -0.25) is 4.99 Å². The van der Waals surface area contributed by atoms with E-state index in [1.54, 1.807) is 19.4 Å². The van der Waals surface area contributed by atoms with Gasteiger partial charge in [-0.25, -0.2) is 4.98 Å². The number of H-pyrrole nitrogens is 1. The van der Waals surface area contributed by atoms with Gasteiger partial charge in [0, 0.05) is 45.8 Å². The van der Waals surface area contributed by atoms with Gasteiger partial charge in [0.2, 0.25) is 5.95 Å². The van der Waals surface area contributed by atoms with Crippen LogP contribution in [0.5, 0.6) is 5.75 Å². The highest BCUT2D eigenvalue weighted by molar-refractivity contribution is 5.94. The summed E-state index contributed by atoms with van der Waals surface area (Å²) in [6.07, 6.45) is 3.54. The number of ether oxygens (including phenoxy) is 1. The second-order valence-electron chi connectivity index (χ2n) is 6.62. The number of nitrogens with zero attached hydrogens (tertiary/aromatic N) is 3. The van der Waals surface area contributed by atoms with Crippen LogP contribution in [0, 0.1) is 0 Å². The maximum atomic E-state index is 5.69. The van der Waals surface area contributed by atoms with Gasteiger partial charge in [0.1, 0.15) is 11.6 Å². The summed E-state index contributed by atoms with van der Waals surface area (Å²) in [4.78, 5) is 16.1. The van der Waals surface area contributed by atoms with Crippen LogP contribution < -0.4 is 15.8 Å². The van der Waals surface area contributed by atoms with E-state index in [2.05, 4.69) is 43.5 Å². The molecule has 138 valence electrons. The molecule has 0 amide bonds. The molecule has 0 fully saturated rings. The fraction of sp³-hybridized carbons (Fsp3) is 0.0952. The van der Waals surface area contributed by atoms with Crippen molar-refractivity contribution in [1.82, 2.24) is 15.0 Å². The fourth-order valence-electron chi connectivity index (χ4n) is 3.51. The van der Waals surface area contributed by atoms with Crippen LogP contribution in [0.2, 0.25) is 0 Å². The number of anilines is 3. The molecule has 2 aromatic carbocycles. The first kappa shape index (κ1) is 16.3. The highest BCUT2D eigenvalue weighted by Gasteiger charge is 2.17. The third kappa shape index (κ3) is 2.83. The predicted octanol–water partition coefficient (Wildman–Crippen LogP) is 3.89. The topological polar surface area (TPSA) is 101 Å². The third-order valence-corrected chi connectivity index (χ3v) is 4.83. The maximum Gasteiger partial charge on any atom is 0.221 e. The Balaban J connectivity index is 1.60. The number of hydrogen-bond donors (Lipinski definition) is 3. The molecule has 7 heteroatoms. The molecule has 0 saturated carbocycles. The number of nitrogens with one attached hydrogen (secondary N) is 2. The molecule has 4 aromatic rings. The van der Waals surface area contributed by atoms with Crippen molar-refractivity contribution in [3.8, 4) is 17.0 Å². The molecule has 0 aliphatic carbocycles. The van der Waals surface area contributed by atoms with Crippen molar-refractivity contribution in [2.45, 2.75) is 6.54 Å². The van der Waals surface area contributed by atoms with Gasteiger partial charge >= 0.3 is 0 Å². The van der Waals surface area contributed by atoms with Crippen LogP contribution in [0.15, 0.2) is 53.7 Å². The summed E-state index contributed by atoms with van der Waals surface area (Å²) in [5, 5.41) is 4.41. The zero-order valence-electron chi connectivity index (χ0n) is 15.2. The molecule has 0 spiro atoms. The van der Waals surface area contributed by atoms with Crippen LogP contribution in [-0.2, 0) is 6.54 Å². The minimum absolute atomic E-state index is 0.234. The standard InChI is InChI=1S/C21H18N6O/c1-28-15-2-3-18-12(7-15)8-19(26-18)16-9-14(6-13-10-23-11-17(13)16)25-20-4-5-24-21(22)27-20/h2-10,26H,11H2,1H3,(H3,22,24,25,27). The van der Waals surface area contributed by atoms with E-state index in [9.17, 15) is 0 Å². The first-order valence-electron chi connectivity index (χ1n) is 8.89. The number of rotatable bonds is 4. The molecule has 0 atom stereocenters. The minimum Gasteiger partial charge on any atom is -0.497 e. The van der Waals surface area contributed by atoms with Crippen LogP contribution >= 0.6 is 0 Å². The van der Waals surface area contributed by atoms with E-state index < -0.39 is 0 Å². The molecule has 2 aromatic heterocycles. The first-order chi connectivity index (χ1) is 13.7. The molecule has 0 unspecified atom stereocenters. The van der Waals surface area contributed by atoms with Crippen molar-refractivity contribution < 1.29 is 4.74 Å². The van der Waals surface area contributed by atoms with Crippen LogP contribution in [0.1, 0.15) is 11.1 Å². The van der Waals surface area contributed by atoms with Gasteiger partial charge in [0.05, 0.1) is 13.7 Å². The number of hydrogen-bond acceptors (Lipinski definition) is 6. The number of fused-ring (bicyclic) bond motifs is 2. The summed E-state index contributed by atoms with van der Waals surface area (Å²) in [5.41, 5.74) is 12.1. The van der Waals surface area contributed by atoms with Gasteiger partial charge < -0.3 is 20.8 Å². The summed E-state index contributed by atoms with van der Waals surface area (Å²) >= 11 is 0. The Morgan fingerprint density at radius 3 is 2.93 bits per heavy atom. The number of aromatic amines is 1. The van der Waals surface area contributed by atoms with Crippen LogP contribution in [0.3, 0.4) is 0 Å². The van der Waals surface area contributed by atoms with Crippen molar-refractivity contribution in [2.24, 2.45) is 4.99 Å². The molecule has 0 saturated heterocycles. The van der Waals surface area contributed by atoms with Crippen LogP contribution in [0.4, 0.5) is 17.5 Å². The summed E-state index contributed by atoms with van der Waals surface area (Å²) in [5.74, 6) is 1.72. The predicted molar refractivity (Wildman–Crippen MR) is 111 cm³/mol. The van der Waals surface area contributed by atoms with Gasteiger partial charge in [-0.1, -0.05) is 0 Å². The monoisotopic (exact) mass is 370 g/mol. The van der Waals surface area contributed by atoms with E-state index in [0.29, 0.717) is 12.4 Å². The summed E-state index contributed by atoms with van der Waals surface area (Å²) in [6, 6.07) is 14.1. The Labute approximate surface area is 161 Å². The second kappa shape index (κ2) is 6.38. The maximum absolute atomic E-state index is 5.69. The highest BCUT2D eigenvalue weighted by atomic mass is 16.5. The zero-order chi connectivity index (χ0) is 19.1. The number of nitrogen functional groups attached to an aromatic ring is 1. The van der Waals surface area contributed by atoms with Crippen molar-refractivity contribution in [2.75, 3.05) is 18.2 Å². The Bertz CT molecular complexity index is 1230. The molecule has 3 heterocycles. The SMILES string of the molecule is COc1ccc2[nH]c(-c3cc(Nc4ccnc(N)n4)cc4c3CN=C4)cc2c1. The third-order valence-electron chi connectivity index (χ3n) is 4.83. The average Bonchev–Trinajstić information content (AvgIpc) is 3.33. The molecular weight excluding hydrogens is 352 g/mol. The number of nitrogens with two attached hydrogens (primary N) is 1. The second-order valence-corrected chi connectivity index (χ2v) is 6.62. The van der Waals surface area contributed by atoms with Gasteiger partial charge in [0.15, 0.2) is 0 Å². The normalized spacial score (nSPS) is 12.3. The van der Waals surface area contributed by atoms with Gasteiger partial charge in [-0.2, -0.15) is 4.98 Å².